The minimum atomic E-state index is -0.578. The van der Waals surface area contributed by atoms with Gasteiger partial charge in [0, 0.05) is 23.5 Å². The molecule has 0 spiro atoms. The second kappa shape index (κ2) is 18.3. The van der Waals surface area contributed by atoms with Crippen LogP contribution in [0.5, 0.6) is 0 Å². The predicted molar refractivity (Wildman–Crippen MR) is 319 cm³/mol. The monoisotopic (exact) mass is 991 g/mol. The van der Waals surface area contributed by atoms with Crippen molar-refractivity contribution >= 4 is 11.0 Å². The van der Waals surface area contributed by atoms with Gasteiger partial charge in [-0.25, -0.2) is 9.97 Å². The van der Waals surface area contributed by atoms with Gasteiger partial charge in [-0.15, -0.1) is 0 Å². The Morgan fingerprint density at radius 3 is 0.962 bits per heavy atom. The number of aromatic nitrogens is 3. The first-order valence-corrected chi connectivity index (χ1v) is 26.8. The molecule has 2 heterocycles. The summed E-state index contributed by atoms with van der Waals surface area (Å²) in [5, 5.41) is 0. The molecule has 0 radical (unpaired) electrons. The maximum atomic E-state index is 5.69. The minimum Gasteiger partial charge on any atom is -0.265 e. The molecule has 0 fully saturated rings. The van der Waals surface area contributed by atoms with Gasteiger partial charge >= 0.3 is 0 Å². The molecule has 3 heteroatoms. The van der Waals surface area contributed by atoms with Gasteiger partial charge in [-0.05, 0) is 137 Å². The van der Waals surface area contributed by atoms with Crippen LogP contribution in [0.1, 0.15) is 44.5 Å². The Kier molecular flexibility index (Phi) is 10.7. The van der Waals surface area contributed by atoms with Crippen molar-refractivity contribution in [2.45, 2.75) is 10.8 Å². The summed E-state index contributed by atoms with van der Waals surface area (Å²) in [5.74, 6) is 0. The number of pyridine rings is 1. The Balaban J connectivity index is 1.02. The molecule has 0 aliphatic heterocycles. The highest BCUT2D eigenvalue weighted by molar-refractivity contribution is 5.99. The van der Waals surface area contributed by atoms with Crippen molar-refractivity contribution < 1.29 is 0 Å². The third-order valence-corrected chi connectivity index (χ3v) is 16.6. The smallest absolute Gasteiger partial charge is 0.0973 e. The summed E-state index contributed by atoms with van der Waals surface area (Å²) in [6.07, 6.45) is 3.68. The Morgan fingerprint density at radius 1 is 0.218 bits per heavy atom. The van der Waals surface area contributed by atoms with Crippen LogP contribution in [-0.2, 0) is 10.8 Å². The van der Waals surface area contributed by atoms with E-state index in [1.165, 1.54) is 66.8 Å². The number of rotatable bonds is 9. The van der Waals surface area contributed by atoms with E-state index in [4.69, 9.17) is 9.97 Å². The quantitative estimate of drug-likeness (QED) is 0.145. The SMILES string of the molecule is c1ccc(-c2nc3cc(-c4ccc5c(c4)C(c4ccccc4)(c4ccccc4)c4ccccc4-5)c(-c4ccc5c(c4)C(c4ccccc4)(c4ccccc4)c4ccccc4-5)cc3nc2-c2ccc(-c3ccncc3)cc2)cc1. The van der Waals surface area contributed by atoms with Crippen LogP contribution in [0.4, 0.5) is 0 Å². The summed E-state index contributed by atoms with van der Waals surface area (Å²) in [4.78, 5) is 15.6. The minimum absolute atomic E-state index is 0.575. The molecule has 2 aromatic heterocycles. The summed E-state index contributed by atoms with van der Waals surface area (Å²) in [6.45, 7) is 0. The van der Waals surface area contributed by atoms with E-state index in [2.05, 4.69) is 278 Å². The first kappa shape index (κ1) is 45.3. The van der Waals surface area contributed by atoms with E-state index >= 15 is 0 Å². The Hall–Kier alpha value is -10.1. The summed E-state index contributed by atoms with van der Waals surface area (Å²) < 4.78 is 0. The Morgan fingerprint density at radius 2 is 0.538 bits per heavy atom. The second-order valence-electron chi connectivity index (χ2n) is 20.6. The lowest BCUT2D eigenvalue weighted by molar-refractivity contribution is 0.768. The molecule has 364 valence electrons. The Labute approximate surface area is 454 Å². The molecule has 0 N–H and O–H groups in total. The van der Waals surface area contributed by atoms with Gasteiger partial charge in [0.15, 0.2) is 0 Å². The zero-order valence-corrected chi connectivity index (χ0v) is 42.6. The third kappa shape index (κ3) is 6.95. The summed E-state index contributed by atoms with van der Waals surface area (Å²) in [6, 6.07) is 104. The van der Waals surface area contributed by atoms with Crippen LogP contribution in [0.2, 0.25) is 0 Å². The number of benzene rings is 11. The van der Waals surface area contributed by atoms with Crippen molar-refractivity contribution in [2.24, 2.45) is 0 Å². The highest BCUT2D eigenvalue weighted by Gasteiger charge is 2.48. The Bertz CT molecular complexity index is 4310. The van der Waals surface area contributed by atoms with Gasteiger partial charge in [-0.2, -0.15) is 0 Å². The van der Waals surface area contributed by atoms with E-state index in [0.29, 0.717) is 0 Å². The predicted octanol–water partition coefficient (Wildman–Crippen LogP) is 18.1. The number of nitrogens with zero attached hydrogens (tertiary/aromatic N) is 3. The van der Waals surface area contributed by atoms with Crippen LogP contribution >= 0.6 is 0 Å². The van der Waals surface area contributed by atoms with Crippen molar-refractivity contribution in [2.75, 3.05) is 0 Å². The second-order valence-corrected chi connectivity index (χ2v) is 20.6. The van der Waals surface area contributed by atoms with Gasteiger partial charge in [-0.3, -0.25) is 4.98 Å². The van der Waals surface area contributed by atoms with E-state index in [0.717, 1.165) is 66.9 Å². The lowest BCUT2D eigenvalue weighted by Crippen LogP contribution is -2.28. The molecule has 3 nitrogen and oxygen atoms in total. The molecule has 0 saturated heterocycles. The van der Waals surface area contributed by atoms with Crippen LogP contribution in [0.15, 0.2) is 298 Å². The molecule has 2 aliphatic rings. The van der Waals surface area contributed by atoms with Crippen molar-refractivity contribution in [1.82, 2.24) is 15.0 Å². The molecule has 0 amide bonds. The fourth-order valence-corrected chi connectivity index (χ4v) is 13.2. The molecular formula is C75H49N3. The maximum absolute atomic E-state index is 5.69. The normalized spacial score (nSPS) is 13.3. The van der Waals surface area contributed by atoms with Crippen molar-refractivity contribution in [3.63, 3.8) is 0 Å². The van der Waals surface area contributed by atoms with E-state index in [-0.39, 0.29) is 0 Å². The zero-order chi connectivity index (χ0) is 51.6. The van der Waals surface area contributed by atoms with Crippen LogP contribution in [-0.4, -0.2) is 15.0 Å². The van der Waals surface area contributed by atoms with Crippen molar-refractivity contribution in [3.05, 3.63) is 342 Å². The van der Waals surface area contributed by atoms with E-state index in [9.17, 15) is 0 Å². The molecule has 0 unspecified atom stereocenters. The molecule has 78 heavy (non-hydrogen) atoms. The van der Waals surface area contributed by atoms with Crippen LogP contribution in [0.25, 0.3) is 89.2 Å². The maximum Gasteiger partial charge on any atom is 0.0973 e. The third-order valence-electron chi connectivity index (χ3n) is 16.6. The van der Waals surface area contributed by atoms with E-state index < -0.39 is 10.8 Å². The number of hydrogen-bond donors (Lipinski definition) is 0. The molecule has 11 aromatic carbocycles. The van der Waals surface area contributed by atoms with Gasteiger partial charge in [0.1, 0.15) is 0 Å². The number of hydrogen-bond acceptors (Lipinski definition) is 3. The standard InChI is InChI=1S/C75H49N3/c1-6-20-52(21-7-1)72-73(53-36-34-50(35-37-53)51-42-44-76-45-43-51)78-71-49-65(55-39-41-63-61-31-17-19-33-67(61)75(69(63)47-55,58-26-12-4-13-27-58)59-28-14-5-15-29-59)64(48-70(71)77-72)54-38-40-62-60-30-16-18-32-66(60)74(68(62)46-54,56-22-8-2-9-23-56)57-24-10-3-11-25-57/h1-49H. The molecule has 13 aromatic rings. The first-order valence-electron chi connectivity index (χ1n) is 26.8. The van der Waals surface area contributed by atoms with Crippen molar-refractivity contribution in [3.8, 4) is 78.1 Å². The lowest BCUT2D eigenvalue weighted by atomic mass is 9.67. The topological polar surface area (TPSA) is 38.7 Å². The highest BCUT2D eigenvalue weighted by Crippen LogP contribution is 2.59. The summed E-state index contributed by atoms with van der Waals surface area (Å²) >= 11 is 0. The van der Waals surface area contributed by atoms with Gasteiger partial charge in [0.05, 0.1) is 33.3 Å². The average Bonchev–Trinajstić information content (AvgIpc) is 4.21. The molecule has 2 aliphatic carbocycles. The fourth-order valence-electron chi connectivity index (χ4n) is 13.2. The molecule has 15 rings (SSSR count). The largest absolute Gasteiger partial charge is 0.265 e. The van der Waals surface area contributed by atoms with E-state index in [1.54, 1.807) is 0 Å². The van der Waals surface area contributed by atoms with Crippen LogP contribution in [0.3, 0.4) is 0 Å². The van der Waals surface area contributed by atoms with Gasteiger partial charge in [0.25, 0.3) is 0 Å². The van der Waals surface area contributed by atoms with Gasteiger partial charge in [-0.1, -0.05) is 249 Å². The fraction of sp³-hybridized carbons (Fsp3) is 0.0267. The average molecular weight is 992 g/mol. The summed E-state index contributed by atoms with van der Waals surface area (Å²) in [7, 11) is 0. The van der Waals surface area contributed by atoms with Crippen LogP contribution in [0, 0.1) is 0 Å². The van der Waals surface area contributed by atoms with Gasteiger partial charge < -0.3 is 0 Å². The van der Waals surface area contributed by atoms with Crippen LogP contribution < -0.4 is 0 Å². The summed E-state index contributed by atoms with van der Waals surface area (Å²) in [5.41, 5.74) is 25.7. The molecule has 0 bridgehead atoms. The lowest BCUT2D eigenvalue weighted by Gasteiger charge is -2.34. The molecule has 0 saturated carbocycles. The van der Waals surface area contributed by atoms with Crippen molar-refractivity contribution in [1.29, 1.82) is 0 Å². The highest BCUT2D eigenvalue weighted by atomic mass is 14.8. The first-order chi connectivity index (χ1) is 38.7. The molecular weight excluding hydrogens is 943 g/mol. The number of fused-ring (bicyclic) bond motifs is 7. The van der Waals surface area contributed by atoms with Gasteiger partial charge in [0.2, 0.25) is 0 Å². The zero-order valence-electron chi connectivity index (χ0n) is 42.6. The van der Waals surface area contributed by atoms with E-state index in [1.807, 2.05) is 24.5 Å². The molecule has 0 atom stereocenters.